The fraction of sp³-hybridized carbons (Fsp3) is 0.571. The van der Waals surface area contributed by atoms with Crippen molar-refractivity contribution >= 4 is 44.6 Å². The second kappa shape index (κ2) is 7.35. The van der Waals surface area contributed by atoms with Gasteiger partial charge in [-0.2, -0.15) is 0 Å². The van der Waals surface area contributed by atoms with Crippen molar-refractivity contribution in [3.63, 3.8) is 0 Å². The van der Waals surface area contributed by atoms with Crippen LogP contribution in [0.2, 0.25) is 5.02 Å². The molecule has 0 bridgehead atoms. The first-order valence-corrected chi connectivity index (χ1v) is 9.53. The molecule has 0 atom stereocenters. The molecule has 0 amide bonds. The lowest BCUT2D eigenvalue weighted by molar-refractivity contribution is 0.509. The van der Waals surface area contributed by atoms with Gasteiger partial charge >= 0.3 is 0 Å². The third kappa shape index (κ3) is 4.27. The monoisotopic (exact) mass is 356 g/mol. The number of sulfone groups is 1. The Balaban J connectivity index is 3.01. The summed E-state index contributed by atoms with van der Waals surface area (Å²) < 4.78 is 24.0. The zero-order valence-electron chi connectivity index (χ0n) is 11.6. The molecule has 0 aliphatic heterocycles. The Bertz CT molecular complexity index is 520. The SMILES string of the molecule is CC(C)S(=O)(=O)CCC(CCl)(CCl)c1ccc(Cl)cc1. The van der Waals surface area contributed by atoms with Crippen LogP contribution < -0.4 is 0 Å². The minimum atomic E-state index is -3.11. The van der Waals surface area contributed by atoms with Crippen LogP contribution in [-0.2, 0) is 15.3 Å². The fourth-order valence-electron chi connectivity index (χ4n) is 1.84. The number of hydrogen-bond acceptors (Lipinski definition) is 2. The molecule has 20 heavy (non-hydrogen) atoms. The van der Waals surface area contributed by atoms with Crippen LogP contribution in [0.1, 0.15) is 25.8 Å². The van der Waals surface area contributed by atoms with Gasteiger partial charge in [-0.25, -0.2) is 8.42 Å². The summed E-state index contributed by atoms with van der Waals surface area (Å²) in [5.41, 5.74) is 0.376. The van der Waals surface area contributed by atoms with Crippen LogP contribution in [0.5, 0.6) is 0 Å². The van der Waals surface area contributed by atoms with E-state index in [2.05, 4.69) is 0 Å². The minimum Gasteiger partial charge on any atom is -0.229 e. The summed E-state index contributed by atoms with van der Waals surface area (Å²) in [6.07, 6.45) is 0.405. The van der Waals surface area contributed by atoms with Gasteiger partial charge in [-0.1, -0.05) is 23.7 Å². The molecule has 114 valence electrons. The van der Waals surface area contributed by atoms with Gasteiger partial charge in [0.15, 0.2) is 9.84 Å². The number of hydrogen-bond donors (Lipinski definition) is 0. The van der Waals surface area contributed by atoms with Crippen LogP contribution in [0.3, 0.4) is 0 Å². The maximum Gasteiger partial charge on any atom is 0.152 e. The van der Waals surface area contributed by atoms with E-state index in [1.165, 1.54) is 0 Å². The predicted octanol–water partition coefficient (Wildman–Crippen LogP) is 4.27. The third-order valence-electron chi connectivity index (χ3n) is 3.55. The van der Waals surface area contributed by atoms with Crippen LogP contribution in [-0.4, -0.2) is 31.2 Å². The van der Waals surface area contributed by atoms with Gasteiger partial charge in [-0.15, -0.1) is 23.2 Å². The largest absolute Gasteiger partial charge is 0.229 e. The number of rotatable bonds is 7. The van der Waals surface area contributed by atoms with Gasteiger partial charge in [-0.3, -0.25) is 0 Å². The molecule has 0 saturated heterocycles. The summed E-state index contributed by atoms with van der Waals surface area (Å²) in [5, 5.41) is 0.234. The van der Waals surface area contributed by atoms with Crippen molar-refractivity contribution in [2.24, 2.45) is 0 Å². The molecule has 0 aromatic heterocycles. The van der Waals surface area contributed by atoms with Crippen LogP contribution in [0, 0.1) is 0 Å². The van der Waals surface area contributed by atoms with Crippen LogP contribution in [0.4, 0.5) is 0 Å². The highest BCUT2D eigenvalue weighted by atomic mass is 35.5. The second-order valence-corrected chi connectivity index (χ2v) is 8.87. The van der Waals surface area contributed by atoms with Crippen molar-refractivity contribution < 1.29 is 8.42 Å². The van der Waals surface area contributed by atoms with E-state index in [0.29, 0.717) is 11.4 Å². The molecule has 0 N–H and O–H groups in total. The molecule has 0 aliphatic rings. The van der Waals surface area contributed by atoms with Crippen molar-refractivity contribution in [3.05, 3.63) is 34.9 Å². The highest BCUT2D eigenvalue weighted by Gasteiger charge is 2.33. The van der Waals surface area contributed by atoms with E-state index in [1.54, 1.807) is 26.0 Å². The first-order chi connectivity index (χ1) is 9.27. The van der Waals surface area contributed by atoms with Gasteiger partial charge in [0.1, 0.15) is 0 Å². The molecule has 0 heterocycles. The zero-order valence-corrected chi connectivity index (χ0v) is 14.7. The normalized spacial score (nSPS) is 12.9. The standard InChI is InChI=1S/C14H19Cl3O2S/c1-11(2)20(18,19)8-7-14(9-15,10-16)12-3-5-13(17)6-4-12/h3-6,11H,7-10H2,1-2H3. The van der Waals surface area contributed by atoms with Crippen LogP contribution in [0.25, 0.3) is 0 Å². The van der Waals surface area contributed by atoms with Crippen molar-refractivity contribution in [2.75, 3.05) is 17.5 Å². The second-order valence-electron chi connectivity index (χ2n) is 5.22. The lowest BCUT2D eigenvalue weighted by Crippen LogP contribution is -2.34. The summed E-state index contributed by atoms with van der Waals surface area (Å²) in [4.78, 5) is 0. The first kappa shape index (κ1) is 18.1. The van der Waals surface area contributed by atoms with Crippen molar-refractivity contribution in [2.45, 2.75) is 30.9 Å². The molecule has 0 spiro atoms. The molecule has 1 aromatic carbocycles. The Hall–Kier alpha value is 0.0400. The molecule has 2 nitrogen and oxygen atoms in total. The zero-order chi connectivity index (χ0) is 15.4. The third-order valence-corrected chi connectivity index (χ3v) is 7.04. The van der Waals surface area contributed by atoms with Crippen molar-refractivity contribution in [1.82, 2.24) is 0 Å². The Labute approximate surface area is 136 Å². The van der Waals surface area contributed by atoms with Gasteiger partial charge in [-0.05, 0) is 38.0 Å². The smallest absolute Gasteiger partial charge is 0.152 e. The van der Waals surface area contributed by atoms with Crippen molar-refractivity contribution in [1.29, 1.82) is 0 Å². The van der Waals surface area contributed by atoms with Crippen molar-refractivity contribution in [3.8, 4) is 0 Å². The first-order valence-electron chi connectivity index (χ1n) is 6.37. The van der Waals surface area contributed by atoms with E-state index < -0.39 is 20.5 Å². The van der Waals surface area contributed by atoms with Gasteiger partial charge in [0.25, 0.3) is 0 Å². The molecular formula is C14H19Cl3O2S. The summed E-state index contributed by atoms with van der Waals surface area (Å²) in [6.45, 7) is 3.36. The highest BCUT2D eigenvalue weighted by molar-refractivity contribution is 7.91. The van der Waals surface area contributed by atoms with Gasteiger partial charge in [0.05, 0.1) is 11.0 Å². The van der Waals surface area contributed by atoms with Crippen LogP contribution in [0.15, 0.2) is 24.3 Å². The van der Waals surface area contributed by atoms with E-state index in [4.69, 9.17) is 34.8 Å². The van der Waals surface area contributed by atoms with Crippen LogP contribution >= 0.6 is 34.8 Å². The molecule has 0 aliphatic carbocycles. The predicted molar refractivity (Wildman–Crippen MR) is 88.1 cm³/mol. The minimum absolute atomic E-state index is 0.0761. The molecule has 1 aromatic rings. The Morgan fingerprint density at radius 3 is 2.00 bits per heavy atom. The molecule has 0 radical (unpaired) electrons. The Morgan fingerprint density at radius 2 is 1.60 bits per heavy atom. The summed E-state index contributed by atoms with van der Waals surface area (Å²) in [5.74, 6) is 0.615. The van der Waals surface area contributed by atoms with E-state index in [-0.39, 0.29) is 17.5 Å². The molecule has 0 saturated carbocycles. The quantitative estimate of drug-likeness (QED) is 0.683. The summed E-state index contributed by atoms with van der Waals surface area (Å²) >= 11 is 18.1. The summed E-state index contributed by atoms with van der Waals surface area (Å²) in [6, 6.07) is 7.24. The maximum atomic E-state index is 12.0. The average molecular weight is 358 g/mol. The Morgan fingerprint density at radius 1 is 1.10 bits per heavy atom. The number of alkyl halides is 2. The maximum absolute atomic E-state index is 12.0. The van der Waals surface area contributed by atoms with E-state index in [9.17, 15) is 8.42 Å². The molecule has 0 fully saturated rings. The lowest BCUT2D eigenvalue weighted by atomic mass is 9.82. The Kier molecular flexibility index (Phi) is 6.65. The highest BCUT2D eigenvalue weighted by Crippen LogP contribution is 2.33. The van der Waals surface area contributed by atoms with Gasteiger partial charge < -0.3 is 0 Å². The average Bonchev–Trinajstić information content (AvgIpc) is 2.42. The van der Waals surface area contributed by atoms with Gasteiger partial charge in [0, 0.05) is 22.2 Å². The molecule has 6 heteroatoms. The van der Waals surface area contributed by atoms with Gasteiger partial charge in [0.2, 0.25) is 0 Å². The number of halogens is 3. The topological polar surface area (TPSA) is 34.1 Å². The molecular weight excluding hydrogens is 339 g/mol. The molecule has 1 rings (SSSR count). The van der Waals surface area contributed by atoms with E-state index >= 15 is 0 Å². The van der Waals surface area contributed by atoms with E-state index in [0.717, 1.165) is 5.56 Å². The molecule has 0 unspecified atom stereocenters. The number of benzene rings is 1. The lowest BCUT2D eigenvalue weighted by Gasteiger charge is -2.30. The summed E-state index contributed by atoms with van der Waals surface area (Å²) in [7, 11) is -3.11. The fourth-order valence-corrected chi connectivity index (χ4v) is 3.98. The van der Waals surface area contributed by atoms with E-state index in [1.807, 2.05) is 12.1 Å².